The second-order valence-electron chi connectivity index (χ2n) is 6.13. The number of nitrogens with zero attached hydrogens (tertiary/aromatic N) is 4. The lowest BCUT2D eigenvalue weighted by atomic mass is 10.1. The molecule has 0 unspecified atom stereocenters. The van der Waals surface area contributed by atoms with Crippen LogP contribution in [0.2, 0.25) is 0 Å². The Hall–Kier alpha value is -3.50. The molecular weight excluding hydrogens is 370 g/mol. The van der Waals surface area contributed by atoms with Crippen molar-refractivity contribution in [1.29, 1.82) is 5.26 Å². The quantitative estimate of drug-likeness (QED) is 0.551. The van der Waals surface area contributed by atoms with Gasteiger partial charge in [0.15, 0.2) is 5.82 Å². The lowest BCUT2D eigenvalue weighted by Gasteiger charge is -2.07. The lowest BCUT2D eigenvalue weighted by molar-refractivity contribution is 0.323. The van der Waals surface area contributed by atoms with Gasteiger partial charge in [-0.3, -0.25) is 0 Å². The molecular formula is C21H17N5OS. The van der Waals surface area contributed by atoms with Gasteiger partial charge in [0.25, 0.3) is 0 Å². The summed E-state index contributed by atoms with van der Waals surface area (Å²) in [6.45, 7) is 2.51. The van der Waals surface area contributed by atoms with Crippen LogP contribution in [0.15, 0.2) is 48.7 Å². The fraction of sp³-hybridized carbons (Fsp3) is 0.143. The molecule has 2 N–H and O–H groups in total. The van der Waals surface area contributed by atoms with Gasteiger partial charge >= 0.3 is 0 Å². The first-order valence-electron chi connectivity index (χ1n) is 8.81. The van der Waals surface area contributed by atoms with E-state index < -0.39 is 0 Å². The van der Waals surface area contributed by atoms with Gasteiger partial charge in [-0.1, -0.05) is 18.2 Å². The van der Waals surface area contributed by atoms with E-state index in [1.54, 1.807) is 29.7 Å². The van der Waals surface area contributed by atoms with E-state index in [1.165, 1.54) is 0 Å². The standard InChI is InChI=1S/C21H17N5OS/c1-2-27-20-15(7-4-8-24-20)10-16-11-17-18(23)25-19(26-21(17)28-16)14-6-3-5-13(9-14)12-22/h3-9,11H,2,10H2,1H3,(H2,23,25,26). The van der Waals surface area contributed by atoms with E-state index in [-0.39, 0.29) is 0 Å². The van der Waals surface area contributed by atoms with Crippen LogP contribution in [0.3, 0.4) is 0 Å². The highest BCUT2D eigenvalue weighted by atomic mass is 32.1. The van der Waals surface area contributed by atoms with Crippen LogP contribution in [0, 0.1) is 11.3 Å². The summed E-state index contributed by atoms with van der Waals surface area (Å²) in [5.74, 6) is 1.60. The van der Waals surface area contributed by atoms with Gasteiger partial charge in [-0.25, -0.2) is 15.0 Å². The molecule has 1 aromatic carbocycles. The third-order valence-electron chi connectivity index (χ3n) is 4.22. The van der Waals surface area contributed by atoms with Crippen molar-refractivity contribution in [3.63, 3.8) is 0 Å². The maximum absolute atomic E-state index is 9.11. The van der Waals surface area contributed by atoms with Crippen LogP contribution in [-0.2, 0) is 6.42 Å². The van der Waals surface area contributed by atoms with Crippen LogP contribution >= 0.6 is 11.3 Å². The fourth-order valence-corrected chi connectivity index (χ4v) is 4.01. The van der Waals surface area contributed by atoms with Gasteiger partial charge in [-0.15, -0.1) is 11.3 Å². The van der Waals surface area contributed by atoms with Crippen molar-refractivity contribution in [2.75, 3.05) is 12.3 Å². The van der Waals surface area contributed by atoms with Crippen molar-refractivity contribution in [3.05, 3.63) is 64.7 Å². The number of nitrogen functional groups attached to an aromatic ring is 1. The first-order valence-corrected chi connectivity index (χ1v) is 9.62. The summed E-state index contributed by atoms with van der Waals surface area (Å²) in [6.07, 6.45) is 2.41. The van der Waals surface area contributed by atoms with E-state index in [9.17, 15) is 0 Å². The molecule has 0 aliphatic rings. The number of pyridine rings is 1. The normalized spacial score (nSPS) is 10.7. The minimum atomic E-state index is 0.432. The van der Waals surface area contributed by atoms with Crippen LogP contribution in [0.1, 0.15) is 22.9 Å². The van der Waals surface area contributed by atoms with Crippen molar-refractivity contribution in [2.24, 2.45) is 0 Å². The third kappa shape index (κ3) is 3.50. The Balaban J connectivity index is 1.72. The summed E-state index contributed by atoms with van der Waals surface area (Å²) in [6, 6.07) is 15.3. The number of nitriles is 1. The Bertz CT molecular complexity index is 1200. The number of ether oxygens (including phenoxy) is 1. The molecule has 0 amide bonds. The van der Waals surface area contributed by atoms with E-state index in [1.807, 2.05) is 37.3 Å². The fourth-order valence-electron chi connectivity index (χ4n) is 2.95. The van der Waals surface area contributed by atoms with E-state index in [4.69, 9.17) is 15.7 Å². The number of thiophene rings is 1. The number of fused-ring (bicyclic) bond motifs is 1. The molecule has 3 aromatic heterocycles. The summed E-state index contributed by atoms with van der Waals surface area (Å²) >= 11 is 1.57. The number of aromatic nitrogens is 3. The monoisotopic (exact) mass is 387 g/mol. The molecule has 0 radical (unpaired) electrons. The van der Waals surface area contributed by atoms with Gasteiger partial charge in [0.2, 0.25) is 5.88 Å². The molecule has 0 aliphatic carbocycles. The van der Waals surface area contributed by atoms with Crippen LogP contribution in [0.4, 0.5) is 5.82 Å². The number of hydrogen-bond acceptors (Lipinski definition) is 7. The largest absolute Gasteiger partial charge is 0.478 e. The van der Waals surface area contributed by atoms with Crippen molar-refractivity contribution >= 4 is 27.4 Å². The summed E-state index contributed by atoms with van der Waals surface area (Å²) in [7, 11) is 0. The topological polar surface area (TPSA) is 97.7 Å². The lowest BCUT2D eigenvalue weighted by Crippen LogP contribution is -1.99. The summed E-state index contributed by atoms with van der Waals surface area (Å²) in [4.78, 5) is 15.4. The molecule has 0 aliphatic heterocycles. The maximum atomic E-state index is 9.11. The van der Waals surface area contributed by atoms with Crippen molar-refractivity contribution in [1.82, 2.24) is 15.0 Å². The molecule has 7 heteroatoms. The number of benzene rings is 1. The first kappa shape index (κ1) is 17.9. The molecule has 6 nitrogen and oxygen atoms in total. The average Bonchev–Trinajstić information content (AvgIpc) is 3.13. The molecule has 3 heterocycles. The molecule has 0 saturated carbocycles. The second-order valence-corrected chi connectivity index (χ2v) is 7.25. The SMILES string of the molecule is CCOc1ncccc1Cc1cc2c(N)nc(-c3cccc(C#N)c3)nc2s1. The number of nitrogens with two attached hydrogens (primary N) is 1. The molecule has 0 bridgehead atoms. The third-order valence-corrected chi connectivity index (χ3v) is 5.25. The van der Waals surface area contributed by atoms with Gasteiger partial charge < -0.3 is 10.5 Å². The van der Waals surface area contributed by atoms with Crippen molar-refractivity contribution in [3.8, 4) is 23.3 Å². The molecule has 0 fully saturated rings. The van der Waals surface area contributed by atoms with Gasteiger partial charge in [0, 0.05) is 28.6 Å². The Morgan fingerprint density at radius 3 is 2.89 bits per heavy atom. The Kier molecular flexibility index (Phi) is 4.87. The Morgan fingerprint density at radius 2 is 2.07 bits per heavy atom. The van der Waals surface area contributed by atoms with E-state index in [0.29, 0.717) is 36.1 Å². The van der Waals surface area contributed by atoms with Crippen LogP contribution < -0.4 is 10.5 Å². The summed E-state index contributed by atoms with van der Waals surface area (Å²) in [5, 5.41) is 9.95. The molecule has 0 spiro atoms. The van der Waals surface area contributed by atoms with Crippen LogP contribution in [0.5, 0.6) is 5.88 Å². The van der Waals surface area contributed by atoms with E-state index in [0.717, 1.165) is 26.2 Å². The highest BCUT2D eigenvalue weighted by Crippen LogP contribution is 2.32. The molecule has 0 atom stereocenters. The molecule has 4 aromatic rings. The molecule has 138 valence electrons. The van der Waals surface area contributed by atoms with E-state index in [2.05, 4.69) is 21.0 Å². The maximum Gasteiger partial charge on any atom is 0.216 e. The van der Waals surface area contributed by atoms with Gasteiger partial charge in [0.1, 0.15) is 10.6 Å². The number of hydrogen-bond donors (Lipinski definition) is 1. The highest BCUT2D eigenvalue weighted by molar-refractivity contribution is 7.18. The highest BCUT2D eigenvalue weighted by Gasteiger charge is 2.13. The van der Waals surface area contributed by atoms with Gasteiger partial charge in [-0.05, 0) is 31.2 Å². The zero-order valence-electron chi connectivity index (χ0n) is 15.2. The molecule has 0 saturated heterocycles. The number of rotatable bonds is 5. The molecule has 4 rings (SSSR count). The average molecular weight is 387 g/mol. The zero-order valence-corrected chi connectivity index (χ0v) is 16.0. The van der Waals surface area contributed by atoms with E-state index >= 15 is 0 Å². The van der Waals surface area contributed by atoms with Crippen molar-refractivity contribution in [2.45, 2.75) is 13.3 Å². The first-order chi connectivity index (χ1) is 13.7. The predicted molar refractivity (Wildman–Crippen MR) is 110 cm³/mol. The molecule has 28 heavy (non-hydrogen) atoms. The minimum Gasteiger partial charge on any atom is -0.478 e. The minimum absolute atomic E-state index is 0.432. The smallest absolute Gasteiger partial charge is 0.216 e. The second kappa shape index (κ2) is 7.62. The van der Waals surface area contributed by atoms with Gasteiger partial charge in [0.05, 0.1) is 23.6 Å². The van der Waals surface area contributed by atoms with Crippen LogP contribution in [-0.4, -0.2) is 21.6 Å². The zero-order chi connectivity index (χ0) is 19.5. The van der Waals surface area contributed by atoms with Crippen LogP contribution in [0.25, 0.3) is 21.6 Å². The van der Waals surface area contributed by atoms with Gasteiger partial charge in [-0.2, -0.15) is 5.26 Å². The summed E-state index contributed by atoms with van der Waals surface area (Å²) < 4.78 is 5.62. The Labute approximate surface area is 166 Å². The van der Waals surface area contributed by atoms with Crippen molar-refractivity contribution < 1.29 is 4.74 Å². The Morgan fingerprint density at radius 1 is 1.18 bits per heavy atom. The number of anilines is 1. The summed E-state index contributed by atoms with van der Waals surface area (Å²) in [5.41, 5.74) is 8.55. The predicted octanol–water partition coefficient (Wildman–Crippen LogP) is 4.20.